The largest absolute Gasteiger partial charge is 0.393 e. The van der Waals surface area contributed by atoms with Gasteiger partial charge in [0, 0.05) is 25.2 Å². The molecule has 2 bridgehead atoms. The van der Waals surface area contributed by atoms with Gasteiger partial charge < -0.3 is 10.4 Å². The van der Waals surface area contributed by atoms with Gasteiger partial charge in [-0.05, 0) is 51.0 Å². The van der Waals surface area contributed by atoms with Crippen LogP contribution in [0.5, 0.6) is 0 Å². The molecule has 0 amide bonds. The molecule has 2 aliphatic heterocycles. The summed E-state index contributed by atoms with van der Waals surface area (Å²) in [6.07, 6.45) is 10.3. The van der Waals surface area contributed by atoms with Crippen molar-refractivity contribution in [3.8, 4) is 0 Å². The van der Waals surface area contributed by atoms with Crippen LogP contribution in [0.25, 0.3) is 0 Å². The summed E-state index contributed by atoms with van der Waals surface area (Å²) in [6, 6.07) is 1.35. The lowest BCUT2D eigenvalue weighted by molar-refractivity contribution is 0.0106. The van der Waals surface area contributed by atoms with Gasteiger partial charge >= 0.3 is 0 Å². The molecule has 0 aromatic carbocycles. The molecule has 3 nitrogen and oxygen atoms in total. The normalized spacial score (nSPS) is 39.3. The van der Waals surface area contributed by atoms with E-state index in [1.165, 1.54) is 51.6 Å². The summed E-state index contributed by atoms with van der Waals surface area (Å²) in [5, 5.41) is 13.3. The highest BCUT2D eigenvalue weighted by Crippen LogP contribution is 2.43. The minimum Gasteiger partial charge on any atom is -0.393 e. The first-order chi connectivity index (χ1) is 8.72. The topological polar surface area (TPSA) is 35.5 Å². The van der Waals surface area contributed by atoms with Crippen molar-refractivity contribution in [1.29, 1.82) is 0 Å². The van der Waals surface area contributed by atoms with E-state index in [0.717, 1.165) is 12.8 Å². The summed E-state index contributed by atoms with van der Waals surface area (Å²) < 4.78 is 0. The van der Waals surface area contributed by atoms with Crippen LogP contribution in [0.4, 0.5) is 0 Å². The van der Waals surface area contributed by atoms with Crippen molar-refractivity contribution in [3.05, 3.63) is 0 Å². The zero-order valence-corrected chi connectivity index (χ0v) is 11.7. The third kappa shape index (κ3) is 2.33. The van der Waals surface area contributed by atoms with Crippen molar-refractivity contribution in [2.75, 3.05) is 20.1 Å². The molecule has 18 heavy (non-hydrogen) atoms. The summed E-state index contributed by atoms with van der Waals surface area (Å²) in [7, 11) is 2.09. The van der Waals surface area contributed by atoms with E-state index < -0.39 is 0 Å². The standard InChI is InChI=1S/C15H28N2O/c1-16-10-15(6-2-3-7-15)11-17-12-4-5-13(17)9-14(18)8-12/h12-14,16,18H,2-11H2,1H3. The first-order valence-corrected chi connectivity index (χ1v) is 7.81. The quantitative estimate of drug-likeness (QED) is 0.800. The Hall–Kier alpha value is -0.120. The zero-order valence-electron chi connectivity index (χ0n) is 11.7. The maximum atomic E-state index is 9.90. The fourth-order valence-corrected chi connectivity index (χ4v) is 4.78. The second-order valence-electron chi connectivity index (χ2n) is 6.92. The molecule has 2 N–H and O–H groups in total. The Labute approximate surface area is 111 Å². The van der Waals surface area contributed by atoms with E-state index in [4.69, 9.17) is 0 Å². The number of fused-ring (bicyclic) bond motifs is 2. The average Bonchev–Trinajstić information content (AvgIpc) is 2.86. The second kappa shape index (κ2) is 5.10. The van der Waals surface area contributed by atoms with Crippen LogP contribution in [-0.4, -0.2) is 48.3 Å². The van der Waals surface area contributed by atoms with Gasteiger partial charge in [0.25, 0.3) is 0 Å². The van der Waals surface area contributed by atoms with Gasteiger partial charge in [-0.1, -0.05) is 12.8 Å². The molecule has 3 rings (SSSR count). The van der Waals surface area contributed by atoms with Crippen LogP contribution in [0, 0.1) is 5.41 Å². The number of piperidine rings is 1. The number of hydrogen-bond donors (Lipinski definition) is 2. The molecule has 104 valence electrons. The number of nitrogens with zero attached hydrogens (tertiary/aromatic N) is 1. The van der Waals surface area contributed by atoms with E-state index in [1.54, 1.807) is 0 Å². The van der Waals surface area contributed by atoms with Gasteiger partial charge in [0.15, 0.2) is 0 Å². The highest BCUT2D eigenvalue weighted by Gasteiger charge is 2.44. The summed E-state index contributed by atoms with van der Waals surface area (Å²) >= 11 is 0. The van der Waals surface area contributed by atoms with Gasteiger partial charge in [-0.3, -0.25) is 4.90 Å². The molecule has 2 saturated heterocycles. The molecule has 3 fully saturated rings. The number of nitrogens with one attached hydrogen (secondary N) is 1. The lowest BCUT2D eigenvalue weighted by Gasteiger charge is -2.43. The summed E-state index contributed by atoms with van der Waals surface area (Å²) in [5.41, 5.74) is 0.526. The fraction of sp³-hybridized carbons (Fsp3) is 1.00. The van der Waals surface area contributed by atoms with Crippen molar-refractivity contribution in [2.24, 2.45) is 5.41 Å². The van der Waals surface area contributed by atoms with Crippen molar-refractivity contribution in [2.45, 2.75) is 69.6 Å². The van der Waals surface area contributed by atoms with Crippen LogP contribution in [0.2, 0.25) is 0 Å². The highest BCUT2D eigenvalue weighted by molar-refractivity contribution is 4.99. The molecule has 2 unspecified atom stereocenters. The van der Waals surface area contributed by atoms with Crippen LogP contribution >= 0.6 is 0 Å². The maximum Gasteiger partial charge on any atom is 0.0570 e. The van der Waals surface area contributed by atoms with Crippen molar-refractivity contribution >= 4 is 0 Å². The Morgan fingerprint density at radius 1 is 1.17 bits per heavy atom. The third-order valence-corrected chi connectivity index (χ3v) is 5.59. The van der Waals surface area contributed by atoms with Crippen molar-refractivity contribution in [1.82, 2.24) is 10.2 Å². The van der Waals surface area contributed by atoms with Crippen LogP contribution in [0.15, 0.2) is 0 Å². The predicted molar refractivity (Wildman–Crippen MR) is 73.6 cm³/mol. The molecule has 1 saturated carbocycles. The molecule has 3 heteroatoms. The van der Waals surface area contributed by atoms with E-state index >= 15 is 0 Å². The van der Waals surface area contributed by atoms with E-state index in [1.807, 2.05) is 0 Å². The lowest BCUT2D eigenvalue weighted by Crippen LogP contribution is -2.51. The lowest BCUT2D eigenvalue weighted by atomic mass is 9.83. The van der Waals surface area contributed by atoms with Crippen molar-refractivity contribution in [3.63, 3.8) is 0 Å². The van der Waals surface area contributed by atoms with Crippen LogP contribution in [-0.2, 0) is 0 Å². The van der Waals surface area contributed by atoms with Crippen molar-refractivity contribution < 1.29 is 5.11 Å². The monoisotopic (exact) mass is 252 g/mol. The molecule has 1 aliphatic carbocycles. The molecule has 2 atom stereocenters. The summed E-state index contributed by atoms with van der Waals surface area (Å²) in [4.78, 5) is 2.76. The average molecular weight is 252 g/mol. The van der Waals surface area contributed by atoms with E-state index in [0.29, 0.717) is 17.5 Å². The molecule has 0 spiro atoms. The van der Waals surface area contributed by atoms with E-state index in [-0.39, 0.29) is 6.10 Å². The van der Waals surface area contributed by atoms with Gasteiger partial charge in [-0.15, -0.1) is 0 Å². The minimum atomic E-state index is -0.0254. The zero-order chi connectivity index (χ0) is 12.6. The highest BCUT2D eigenvalue weighted by atomic mass is 16.3. The van der Waals surface area contributed by atoms with E-state index in [9.17, 15) is 5.11 Å². The van der Waals surface area contributed by atoms with Gasteiger partial charge in [-0.25, -0.2) is 0 Å². The molecular weight excluding hydrogens is 224 g/mol. The Bertz CT molecular complexity index is 274. The Balaban J connectivity index is 1.68. The van der Waals surface area contributed by atoms with Crippen LogP contribution < -0.4 is 5.32 Å². The van der Waals surface area contributed by atoms with Gasteiger partial charge in [0.2, 0.25) is 0 Å². The first kappa shape index (κ1) is 12.9. The van der Waals surface area contributed by atoms with E-state index in [2.05, 4.69) is 17.3 Å². The third-order valence-electron chi connectivity index (χ3n) is 5.59. The minimum absolute atomic E-state index is 0.0254. The van der Waals surface area contributed by atoms with Crippen LogP contribution in [0.1, 0.15) is 51.4 Å². The SMILES string of the molecule is CNCC1(CN2C3CCC2CC(O)C3)CCCC1. The predicted octanol–water partition coefficient (Wildman–Crippen LogP) is 1.75. The van der Waals surface area contributed by atoms with Gasteiger partial charge in [0.1, 0.15) is 0 Å². The Morgan fingerprint density at radius 3 is 2.33 bits per heavy atom. The molecule has 2 heterocycles. The van der Waals surface area contributed by atoms with Gasteiger partial charge in [0.05, 0.1) is 6.10 Å². The van der Waals surface area contributed by atoms with Gasteiger partial charge in [-0.2, -0.15) is 0 Å². The molecule has 3 aliphatic rings. The summed E-state index contributed by atoms with van der Waals surface area (Å²) in [6.45, 7) is 2.45. The van der Waals surface area contributed by atoms with Crippen LogP contribution in [0.3, 0.4) is 0 Å². The number of aliphatic hydroxyl groups excluding tert-OH is 1. The molecule has 0 aromatic rings. The summed E-state index contributed by atoms with van der Waals surface area (Å²) in [5.74, 6) is 0. The molecule has 0 aromatic heterocycles. The fourth-order valence-electron chi connectivity index (χ4n) is 4.78. The second-order valence-corrected chi connectivity index (χ2v) is 6.92. The molecular formula is C15H28N2O. The number of aliphatic hydroxyl groups is 1. The maximum absolute atomic E-state index is 9.90. The Morgan fingerprint density at radius 2 is 1.78 bits per heavy atom. The number of rotatable bonds is 4. The Kier molecular flexibility index (Phi) is 3.65. The first-order valence-electron chi connectivity index (χ1n) is 7.81. The number of hydrogen-bond acceptors (Lipinski definition) is 3. The molecule has 0 radical (unpaired) electrons. The smallest absolute Gasteiger partial charge is 0.0570 e.